The van der Waals surface area contributed by atoms with Crippen LogP contribution < -0.4 is 5.32 Å². The fraction of sp³-hybridized carbons (Fsp3) is 0.385. The molecular weight excluding hydrogens is 296 g/mol. The molecule has 5 heteroatoms. The average molecular weight is 309 g/mol. The van der Waals surface area contributed by atoms with Crippen molar-refractivity contribution in [3.63, 3.8) is 0 Å². The number of carbonyl (C=O) groups is 1. The molecule has 2 N–H and O–H groups in total. The third kappa shape index (κ3) is 2.65. The van der Waals surface area contributed by atoms with E-state index in [1.54, 1.807) is 12.1 Å². The molecule has 4 nitrogen and oxygen atoms in total. The highest BCUT2D eigenvalue weighted by Crippen LogP contribution is 2.27. The van der Waals surface area contributed by atoms with Crippen LogP contribution >= 0.6 is 15.9 Å². The van der Waals surface area contributed by atoms with Crippen LogP contribution in [-0.2, 0) is 0 Å². The Morgan fingerprint density at radius 2 is 2.28 bits per heavy atom. The summed E-state index contributed by atoms with van der Waals surface area (Å²) in [5.74, 6) is -0.311. The van der Waals surface area contributed by atoms with E-state index in [1.165, 1.54) is 6.07 Å². The molecule has 2 unspecified atom stereocenters. The lowest BCUT2D eigenvalue weighted by molar-refractivity contribution is 0.0932. The third-order valence-electron chi connectivity index (χ3n) is 3.21. The molecule has 1 aromatic carbocycles. The van der Waals surface area contributed by atoms with Gasteiger partial charge in [-0.25, -0.2) is 0 Å². The first-order valence-corrected chi connectivity index (χ1v) is 6.60. The predicted molar refractivity (Wildman–Crippen MR) is 70.0 cm³/mol. The van der Waals surface area contributed by atoms with Crippen LogP contribution in [0.15, 0.2) is 22.7 Å². The third-order valence-corrected chi connectivity index (χ3v) is 3.88. The Kier molecular flexibility index (Phi) is 3.87. The smallest absolute Gasteiger partial charge is 0.251 e. The number of nitrogens with zero attached hydrogens (tertiary/aromatic N) is 1. The Hall–Kier alpha value is -1.54. The SMILES string of the molecule is N#CC1CCCC1NC(=O)c1ccc(Br)c(O)c1. The van der Waals surface area contributed by atoms with E-state index < -0.39 is 0 Å². The van der Waals surface area contributed by atoms with Crippen LogP contribution in [0.5, 0.6) is 5.75 Å². The van der Waals surface area contributed by atoms with Crippen molar-refractivity contribution in [3.05, 3.63) is 28.2 Å². The molecular formula is C13H13BrN2O2. The quantitative estimate of drug-likeness (QED) is 0.882. The van der Waals surface area contributed by atoms with Crippen LogP contribution in [0.1, 0.15) is 29.6 Å². The summed E-state index contributed by atoms with van der Waals surface area (Å²) >= 11 is 3.16. The summed E-state index contributed by atoms with van der Waals surface area (Å²) in [7, 11) is 0. The molecule has 1 aliphatic carbocycles. The molecule has 18 heavy (non-hydrogen) atoms. The van der Waals surface area contributed by atoms with Crippen molar-refractivity contribution in [1.82, 2.24) is 5.32 Å². The number of rotatable bonds is 2. The molecule has 1 aromatic rings. The lowest BCUT2D eigenvalue weighted by Gasteiger charge is -2.15. The van der Waals surface area contributed by atoms with Gasteiger partial charge in [-0.15, -0.1) is 0 Å². The van der Waals surface area contributed by atoms with Crippen molar-refractivity contribution in [3.8, 4) is 11.8 Å². The van der Waals surface area contributed by atoms with Crippen LogP contribution in [0.25, 0.3) is 0 Å². The van der Waals surface area contributed by atoms with Crippen LogP contribution in [0.2, 0.25) is 0 Å². The Labute approximate surface area is 114 Å². The normalized spacial score (nSPS) is 22.4. The van der Waals surface area contributed by atoms with Gasteiger partial charge in [-0.2, -0.15) is 5.26 Å². The first-order chi connectivity index (χ1) is 8.61. The van der Waals surface area contributed by atoms with Crippen molar-refractivity contribution in [2.24, 2.45) is 5.92 Å². The van der Waals surface area contributed by atoms with Gasteiger partial charge in [0.1, 0.15) is 5.75 Å². The largest absolute Gasteiger partial charge is 0.507 e. The van der Waals surface area contributed by atoms with E-state index in [4.69, 9.17) is 5.26 Å². The van der Waals surface area contributed by atoms with Gasteiger partial charge in [0, 0.05) is 11.6 Å². The second-order valence-corrected chi connectivity index (χ2v) is 5.27. The van der Waals surface area contributed by atoms with Crippen molar-refractivity contribution in [2.75, 3.05) is 0 Å². The van der Waals surface area contributed by atoms with Gasteiger partial charge in [-0.3, -0.25) is 4.79 Å². The molecule has 1 aliphatic rings. The van der Waals surface area contributed by atoms with Gasteiger partial charge in [-0.05, 0) is 53.4 Å². The second-order valence-electron chi connectivity index (χ2n) is 4.41. The molecule has 0 radical (unpaired) electrons. The Bertz CT molecular complexity index is 510. The Balaban J connectivity index is 2.08. The van der Waals surface area contributed by atoms with Gasteiger partial charge in [-0.1, -0.05) is 0 Å². The molecule has 0 spiro atoms. The van der Waals surface area contributed by atoms with Crippen molar-refractivity contribution >= 4 is 21.8 Å². The van der Waals surface area contributed by atoms with Gasteiger partial charge in [0.2, 0.25) is 0 Å². The molecule has 1 saturated carbocycles. The van der Waals surface area contributed by atoms with Gasteiger partial charge in [0.15, 0.2) is 0 Å². The molecule has 0 bridgehead atoms. The molecule has 0 saturated heterocycles. The zero-order chi connectivity index (χ0) is 13.1. The number of phenols is 1. The van der Waals surface area contributed by atoms with Crippen LogP contribution in [-0.4, -0.2) is 17.1 Å². The predicted octanol–water partition coefficient (Wildman–Crippen LogP) is 2.58. The highest BCUT2D eigenvalue weighted by molar-refractivity contribution is 9.10. The standard InChI is InChI=1S/C13H13BrN2O2/c14-10-5-4-8(6-12(10)17)13(18)16-11-3-1-2-9(11)7-15/h4-6,9,11,17H,1-3H2,(H,16,18). The zero-order valence-corrected chi connectivity index (χ0v) is 11.3. The number of benzene rings is 1. The van der Waals surface area contributed by atoms with Gasteiger partial charge < -0.3 is 10.4 Å². The minimum atomic E-state index is -0.245. The minimum absolute atomic E-state index is 0.0332. The number of aromatic hydroxyl groups is 1. The van der Waals surface area contributed by atoms with Crippen molar-refractivity contribution < 1.29 is 9.90 Å². The van der Waals surface area contributed by atoms with E-state index in [0.717, 1.165) is 19.3 Å². The fourth-order valence-electron chi connectivity index (χ4n) is 2.19. The fourth-order valence-corrected chi connectivity index (χ4v) is 2.44. The summed E-state index contributed by atoms with van der Waals surface area (Å²) in [6, 6.07) is 6.82. The first-order valence-electron chi connectivity index (χ1n) is 5.81. The maximum Gasteiger partial charge on any atom is 0.251 e. The average Bonchev–Trinajstić information content (AvgIpc) is 2.79. The minimum Gasteiger partial charge on any atom is -0.507 e. The monoisotopic (exact) mass is 308 g/mol. The highest BCUT2D eigenvalue weighted by atomic mass is 79.9. The van der Waals surface area contributed by atoms with E-state index in [1.807, 2.05) is 0 Å². The summed E-state index contributed by atoms with van der Waals surface area (Å²) < 4.78 is 0.551. The lowest BCUT2D eigenvalue weighted by Crippen LogP contribution is -2.36. The molecule has 1 fully saturated rings. The van der Waals surface area contributed by atoms with Gasteiger partial charge in [0.25, 0.3) is 5.91 Å². The molecule has 0 aliphatic heterocycles. The maximum atomic E-state index is 12.0. The van der Waals surface area contributed by atoms with Crippen molar-refractivity contribution in [1.29, 1.82) is 5.26 Å². The molecule has 2 atom stereocenters. The highest BCUT2D eigenvalue weighted by Gasteiger charge is 2.28. The van der Waals surface area contributed by atoms with Gasteiger partial charge >= 0.3 is 0 Å². The number of halogens is 1. The van der Waals surface area contributed by atoms with E-state index in [2.05, 4.69) is 27.3 Å². The van der Waals surface area contributed by atoms with E-state index in [0.29, 0.717) is 10.0 Å². The Morgan fingerprint density at radius 1 is 1.50 bits per heavy atom. The number of nitriles is 1. The van der Waals surface area contributed by atoms with E-state index >= 15 is 0 Å². The summed E-state index contributed by atoms with van der Waals surface area (Å²) in [6.07, 6.45) is 2.65. The number of phenolic OH excluding ortho intramolecular Hbond substituents is 1. The summed E-state index contributed by atoms with van der Waals surface area (Å²) in [6.45, 7) is 0. The first kappa shape index (κ1) is 12.9. The summed E-state index contributed by atoms with van der Waals surface area (Å²) in [5, 5.41) is 21.3. The van der Waals surface area contributed by atoms with Crippen LogP contribution in [0.3, 0.4) is 0 Å². The maximum absolute atomic E-state index is 12.0. The Morgan fingerprint density at radius 3 is 2.94 bits per heavy atom. The summed E-state index contributed by atoms with van der Waals surface area (Å²) in [5.41, 5.74) is 0.402. The topological polar surface area (TPSA) is 73.1 Å². The van der Waals surface area contributed by atoms with Gasteiger partial charge in [0.05, 0.1) is 16.5 Å². The molecule has 0 heterocycles. The molecule has 2 rings (SSSR count). The number of carbonyl (C=O) groups excluding carboxylic acids is 1. The second kappa shape index (κ2) is 5.40. The zero-order valence-electron chi connectivity index (χ0n) is 9.69. The molecule has 1 amide bonds. The number of amides is 1. The molecule has 94 valence electrons. The van der Waals surface area contributed by atoms with Crippen molar-refractivity contribution in [2.45, 2.75) is 25.3 Å². The summed E-state index contributed by atoms with van der Waals surface area (Å²) in [4.78, 5) is 12.0. The number of hydrogen-bond donors (Lipinski definition) is 2. The number of hydrogen-bond acceptors (Lipinski definition) is 3. The van der Waals surface area contributed by atoms with E-state index in [-0.39, 0.29) is 23.6 Å². The van der Waals surface area contributed by atoms with Crippen LogP contribution in [0.4, 0.5) is 0 Å². The molecule has 0 aromatic heterocycles. The number of nitrogens with one attached hydrogen (secondary N) is 1. The van der Waals surface area contributed by atoms with Crippen LogP contribution in [0, 0.1) is 17.2 Å². The van der Waals surface area contributed by atoms with E-state index in [9.17, 15) is 9.90 Å². The lowest BCUT2D eigenvalue weighted by atomic mass is 10.1.